The molecule has 0 aliphatic carbocycles. The lowest BCUT2D eigenvalue weighted by molar-refractivity contribution is 0.457. The molecule has 0 radical (unpaired) electrons. The highest BCUT2D eigenvalue weighted by atomic mass is 32.2. The lowest BCUT2D eigenvalue weighted by Crippen LogP contribution is -2.29. The zero-order chi connectivity index (χ0) is 12.9. The van der Waals surface area contributed by atoms with Gasteiger partial charge in [-0.1, -0.05) is 0 Å². The second-order valence-electron chi connectivity index (χ2n) is 3.62. The van der Waals surface area contributed by atoms with Crippen LogP contribution >= 0.6 is 0 Å². The van der Waals surface area contributed by atoms with E-state index >= 15 is 0 Å². The Labute approximate surface area is 101 Å². The molecule has 0 unspecified atom stereocenters. The highest BCUT2D eigenvalue weighted by Crippen LogP contribution is 2.13. The van der Waals surface area contributed by atoms with E-state index in [2.05, 4.69) is 10.3 Å². The first-order valence-corrected chi connectivity index (χ1v) is 6.64. The monoisotopic (exact) mass is 261 g/mol. The van der Waals surface area contributed by atoms with Crippen LogP contribution in [0.15, 0.2) is 23.4 Å². The molecule has 7 heteroatoms. The average Bonchev–Trinajstić information content (AvgIpc) is 2.29. The smallest absolute Gasteiger partial charge is 0.244 e. The van der Waals surface area contributed by atoms with E-state index in [1.54, 1.807) is 7.05 Å². The summed E-state index contributed by atoms with van der Waals surface area (Å²) in [6.07, 6.45) is 2.81. The first kappa shape index (κ1) is 14.0. The molecule has 1 rings (SSSR count). The van der Waals surface area contributed by atoms with Crippen LogP contribution in [0, 0.1) is 5.82 Å². The molecule has 1 heterocycles. The van der Waals surface area contributed by atoms with Crippen LogP contribution in [0.25, 0.3) is 0 Å². The minimum Gasteiger partial charge on any atom is -0.320 e. The van der Waals surface area contributed by atoms with Gasteiger partial charge in [-0.3, -0.25) is 4.98 Å². The second-order valence-corrected chi connectivity index (χ2v) is 5.67. The summed E-state index contributed by atoms with van der Waals surface area (Å²) in [4.78, 5) is 3.42. The van der Waals surface area contributed by atoms with Crippen LogP contribution in [0.1, 0.15) is 6.42 Å². The summed E-state index contributed by atoms with van der Waals surface area (Å²) in [6, 6.07) is 0.969. The van der Waals surface area contributed by atoms with E-state index in [1.165, 1.54) is 11.4 Å². The Balaban J connectivity index is 2.80. The van der Waals surface area contributed by atoms with E-state index < -0.39 is 15.8 Å². The molecular weight excluding hydrogens is 245 g/mol. The van der Waals surface area contributed by atoms with Gasteiger partial charge in [0.25, 0.3) is 0 Å². The molecule has 0 bridgehead atoms. The Morgan fingerprint density at radius 2 is 2.18 bits per heavy atom. The zero-order valence-electron chi connectivity index (χ0n) is 9.85. The molecule has 0 spiro atoms. The maximum atomic E-state index is 12.9. The molecule has 17 heavy (non-hydrogen) atoms. The average molecular weight is 261 g/mol. The van der Waals surface area contributed by atoms with Crippen molar-refractivity contribution < 1.29 is 12.8 Å². The topological polar surface area (TPSA) is 62.3 Å². The van der Waals surface area contributed by atoms with Gasteiger partial charge in [-0.2, -0.15) is 0 Å². The summed E-state index contributed by atoms with van der Waals surface area (Å²) < 4.78 is 38.1. The summed E-state index contributed by atoms with van der Waals surface area (Å²) in [5.74, 6) is -0.658. The Morgan fingerprint density at radius 3 is 2.76 bits per heavy atom. The summed E-state index contributed by atoms with van der Waals surface area (Å²) in [7, 11) is -0.374. The Hall–Kier alpha value is -1.05. The number of pyridine rings is 1. The number of sulfonamides is 1. The molecule has 0 aliphatic rings. The van der Waals surface area contributed by atoms with Crippen molar-refractivity contribution in [3.8, 4) is 0 Å². The third-order valence-corrected chi connectivity index (χ3v) is 4.11. The molecule has 0 aliphatic heterocycles. The van der Waals surface area contributed by atoms with Gasteiger partial charge in [0.1, 0.15) is 10.7 Å². The van der Waals surface area contributed by atoms with Gasteiger partial charge in [0.15, 0.2) is 0 Å². The zero-order valence-corrected chi connectivity index (χ0v) is 10.7. The van der Waals surface area contributed by atoms with E-state index in [1.807, 2.05) is 0 Å². The van der Waals surface area contributed by atoms with Crippen LogP contribution in [0.4, 0.5) is 4.39 Å². The van der Waals surface area contributed by atoms with Crippen molar-refractivity contribution in [2.24, 2.45) is 0 Å². The van der Waals surface area contributed by atoms with E-state index in [0.717, 1.165) is 25.0 Å². The molecule has 1 aromatic heterocycles. The van der Waals surface area contributed by atoms with Crippen molar-refractivity contribution in [3.05, 3.63) is 24.3 Å². The van der Waals surface area contributed by atoms with Gasteiger partial charge in [0.05, 0.1) is 6.20 Å². The maximum absolute atomic E-state index is 12.9. The maximum Gasteiger partial charge on any atom is 0.244 e. The molecule has 0 fully saturated rings. The number of halogens is 1. The van der Waals surface area contributed by atoms with Crippen molar-refractivity contribution in [2.45, 2.75) is 11.3 Å². The van der Waals surface area contributed by atoms with Gasteiger partial charge in [0.2, 0.25) is 10.0 Å². The molecule has 1 aromatic rings. The molecular formula is C10H16FN3O2S. The van der Waals surface area contributed by atoms with Crippen LogP contribution in [-0.4, -0.2) is 44.9 Å². The summed E-state index contributed by atoms with van der Waals surface area (Å²) in [5.41, 5.74) is 0. The predicted molar refractivity (Wildman–Crippen MR) is 62.6 cm³/mol. The number of nitrogens with zero attached hydrogens (tertiary/aromatic N) is 2. The molecule has 0 saturated carbocycles. The van der Waals surface area contributed by atoms with E-state index in [9.17, 15) is 12.8 Å². The van der Waals surface area contributed by atoms with Gasteiger partial charge in [-0.15, -0.1) is 0 Å². The van der Waals surface area contributed by atoms with Crippen LogP contribution in [0.2, 0.25) is 0 Å². The van der Waals surface area contributed by atoms with E-state index in [0.29, 0.717) is 13.0 Å². The normalized spacial score (nSPS) is 12.0. The SMILES string of the molecule is CNCCCN(C)S(=O)(=O)c1cncc(F)c1. The molecule has 0 atom stereocenters. The largest absolute Gasteiger partial charge is 0.320 e. The Morgan fingerprint density at radius 1 is 1.47 bits per heavy atom. The van der Waals surface area contributed by atoms with Gasteiger partial charge in [0, 0.05) is 19.8 Å². The Kier molecular flexibility index (Phi) is 4.98. The van der Waals surface area contributed by atoms with Crippen LogP contribution in [-0.2, 0) is 10.0 Å². The van der Waals surface area contributed by atoms with Crippen LogP contribution in [0.5, 0.6) is 0 Å². The quantitative estimate of drug-likeness (QED) is 0.755. The third-order valence-electron chi connectivity index (χ3n) is 2.29. The van der Waals surface area contributed by atoms with Gasteiger partial charge >= 0.3 is 0 Å². The van der Waals surface area contributed by atoms with Gasteiger partial charge < -0.3 is 5.32 Å². The predicted octanol–water partition coefficient (Wildman–Crippen LogP) is 0.451. The molecule has 0 aromatic carbocycles. The molecule has 0 saturated heterocycles. The number of hydrogen-bond donors (Lipinski definition) is 1. The minimum absolute atomic E-state index is 0.121. The molecule has 0 amide bonds. The van der Waals surface area contributed by atoms with Crippen molar-refractivity contribution in [3.63, 3.8) is 0 Å². The van der Waals surface area contributed by atoms with E-state index in [4.69, 9.17) is 0 Å². The number of hydrogen-bond acceptors (Lipinski definition) is 4. The second kappa shape index (κ2) is 6.04. The summed E-state index contributed by atoms with van der Waals surface area (Å²) in [6.45, 7) is 1.10. The van der Waals surface area contributed by atoms with Crippen molar-refractivity contribution in [2.75, 3.05) is 27.2 Å². The Bertz CT molecular complexity index is 464. The molecule has 96 valence electrons. The number of rotatable bonds is 6. The first-order chi connectivity index (χ1) is 7.98. The van der Waals surface area contributed by atoms with Crippen molar-refractivity contribution in [1.29, 1.82) is 0 Å². The number of aromatic nitrogens is 1. The van der Waals surface area contributed by atoms with Crippen molar-refractivity contribution >= 4 is 10.0 Å². The minimum atomic E-state index is -3.64. The van der Waals surface area contributed by atoms with Gasteiger partial charge in [-0.25, -0.2) is 17.1 Å². The van der Waals surface area contributed by atoms with Gasteiger partial charge in [-0.05, 0) is 26.1 Å². The highest BCUT2D eigenvalue weighted by molar-refractivity contribution is 7.89. The number of nitrogens with one attached hydrogen (secondary N) is 1. The highest BCUT2D eigenvalue weighted by Gasteiger charge is 2.20. The van der Waals surface area contributed by atoms with E-state index in [-0.39, 0.29) is 4.90 Å². The molecule has 5 nitrogen and oxygen atoms in total. The lowest BCUT2D eigenvalue weighted by Gasteiger charge is -2.16. The summed E-state index contributed by atoms with van der Waals surface area (Å²) in [5, 5.41) is 2.93. The fourth-order valence-corrected chi connectivity index (χ4v) is 2.50. The fraction of sp³-hybridized carbons (Fsp3) is 0.500. The van der Waals surface area contributed by atoms with Crippen LogP contribution in [0.3, 0.4) is 0 Å². The fourth-order valence-electron chi connectivity index (χ4n) is 1.31. The summed E-state index contributed by atoms with van der Waals surface area (Å²) >= 11 is 0. The lowest BCUT2D eigenvalue weighted by atomic mass is 10.4. The van der Waals surface area contributed by atoms with Crippen LogP contribution < -0.4 is 5.32 Å². The van der Waals surface area contributed by atoms with Crippen molar-refractivity contribution in [1.82, 2.24) is 14.6 Å². The third kappa shape index (κ3) is 3.72. The standard InChI is InChI=1S/C10H16FN3O2S/c1-12-4-3-5-14(2)17(15,16)10-6-9(11)7-13-8-10/h6-8,12H,3-5H2,1-2H3. The molecule has 1 N–H and O–H groups in total. The first-order valence-electron chi connectivity index (χ1n) is 5.20.